The third kappa shape index (κ3) is 3.14. The molecule has 0 radical (unpaired) electrons. The number of nitrogens with zero attached hydrogens (tertiary/aromatic N) is 2. The van der Waals surface area contributed by atoms with Gasteiger partial charge in [0, 0.05) is 34.9 Å². The molecule has 0 spiro atoms. The van der Waals surface area contributed by atoms with E-state index >= 15 is 0 Å². The molecule has 0 aliphatic carbocycles. The molecule has 2 aliphatic rings. The minimum atomic E-state index is -1.04. The topological polar surface area (TPSA) is 56.4 Å². The van der Waals surface area contributed by atoms with Crippen molar-refractivity contribution in [1.29, 1.82) is 0 Å². The first kappa shape index (κ1) is 21.1. The van der Waals surface area contributed by atoms with Crippen LogP contribution in [-0.4, -0.2) is 46.2 Å². The quantitative estimate of drug-likeness (QED) is 0.616. The van der Waals surface area contributed by atoms with Gasteiger partial charge in [-0.25, -0.2) is 0 Å². The summed E-state index contributed by atoms with van der Waals surface area (Å²) in [6.45, 7) is 7.39. The number of aromatic amines is 1. The van der Waals surface area contributed by atoms with Crippen molar-refractivity contribution in [2.24, 2.45) is 5.92 Å². The third-order valence-corrected chi connectivity index (χ3v) is 7.32. The predicted molar refractivity (Wildman–Crippen MR) is 127 cm³/mol. The van der Waals surface area contributed by atoms with Crippen molar-refractivity contribution >= 4 is 34.3 Å². The molecular weight excluding hydrogens is 422 g/mol. The van der Waals surface area contributed by atoms with Gasteiger partial charge in [-0.2, -0.15) is 0 Å². The van der Waals surface area contributed by atoms with E-state index in [1.54, 1.807) is 9.80 Å². The minimum absolute atomic E-state index is 0.000104. The summed E-state index contributed by atoms with van der Waals surface area (Å²) in [6.07, 6.45) is 0.877. The van der Waals surface area contributed by atoms with E-state index in [1.165, 1.54) is 0 Å². The highest BCUT2D eigenvalue weighted by Crippen LogP contribution is 2.48. The monoisotopic (exact) mass is 449 g/mol. The summed E-state index contributed by atoms with van der Waals surface area (Å²) in [4.78, 5) is 34.3. The average molecular weight is 450 g/mol. The van der Waals surface area contributed by atoms with Gasteiger partial charge in [0.25, 0.3) is 5.91 Å². The zero-order valence-corrected chi connectivity index (χ0v) is 19.4. The van der Waals surface area contributed by atoms with Crippen LogP contribution in [0.1, 0.15) is 49.9 Å². The molecule has 2 unspecified atom stereocenters. The zero-order chi connectivity index (χ0) is 22.6. The number of benzene rings is 2. The van der Waals surface area contributed by atoms with Gasteiger partial charge in [0.15, 0.2) is 5.54 Å². The Morgan fingerprint density at radius 2 is 1.84 bits per heavy atom. The van der Waals surface area contributed by atoms with Crippen LogP contribution in [0.2, 0.25) is 5.02 Å². The Hall–Kier alpha value is -2.79. The lowest BCUT2D eigenvalue weighted by Crippen LogP contribution is -2.67. The number of aromatic nitrogens is 1. The van der Waals surface area contributed by atoms with Crippen LogP contribution in [0.15, 0.2) is 48.5 Å². The smallest absolute Gasteiger partial charge is 0.254 e. The first-order valence-corrected chi connectivity index (χ1v) is 11.6. The summed E-state index contributed by atoms with van der Waals surface area (Å²) < 4.78 is 0. The van der Waals surface area contributed by atoms with Crippen LogP contribution in [0.25, 0.3) is 10.9 Å². The molecular formula is C26H28ClN3O2. The first-order chi connectivity index (χ1) is 15.3. The fraction of sp³-hybridized carbons (Fsp3) is 0.385. The number of amides is 2. The highest BCUT2D eigenvalue weighted by molar-refractivity contribution is 6.30. The zero-order valence-electron chi connectivity index (χ0n) is 18.7. The lowest BCUT2D eigenvalue weighted by atomic mass is 9.76. The molecule has 5 rings (SSSR count). The Kier molecular flexibility index (Phi) is 5.05. The van der Waals surface area contributed by atoms with Gasteiger partial charge in [-0.3, -0.25) is 9.59 Å². The second-order valence-corrected chi connectivity index (χ2v) is 9.99. The second kappa shape index (κ2) is 7.66. The highest BCUT2D eigenvalue weighted by atomic mass is 35.5. The van der Waals surface area contributed by atoms with Crippen molar-refractivity contribution in [3.05, 3.63) is 70.4 Å². The molecule has 1 N–H and O–H groups in total. The van der Waals surface area contributed by atoms with Crippen LogP contribution < -0.4 is 0 Å². The maximum Gasteiger partial charge on any atom is 0.254 e. The number of hydrogen-bond acceptors (Lipinski definition) is 2. The highest BCUT2D eigenvalue weighted by Gasteiger charge is 2.56. The Labute approximate surface area is 193 Å². The van der Waals surface area contributed by atoms with Crippen LogP contribution in [0.3, 0.4) is 0 Å². The van der Waals surface area contributed by atoms with Gasteiger partial charge in [0.1, 0.15) is 0 Å². The first-order valence-electron chi connectivity index (χ1n) is 11.3. The number of carbonyl (C=O) groups is 2. The van der Waals surface area contributed by atoms with E-state index in [4.69, 9.17) is 11.6 Å². The normalized spacial score (nSPS) is 23.1. The second-order valence-electron chi connectivity index (χ2n) is 9.55. The maximum absolute atomic E-state index is 13.9. The molecule has 0 saturated carbocycles. The van der Waals surface area contributed by atoms with Gasteiger partial charge in [-0.15, -0.1) is 0 Å². The summed E-state index contributed by atoms with van der Waals surface area (Å²) in [5.41, 5.74) is 2.97. The number of halogens is 1. The number of para-hydroxylation sites is 1. The number of rotatable bonds is 4. The molecule has 3 aromatic rings. The standard InChI is InChI=1S/C26H28ClN3O2/c1-16(2)12-13-29-15-22(31)30-14-20(17-8-10-18(27)11-9-17)23-19-6-4-5-7-21(19)28-24(23)26(30,3)25(29)32/h4-11,16,20,28H,12-15H2,1-3H3. The van der Waals surface area contributed by atoms with Gasteiger partial charge in [0.2, 0.25) is 5.91 Å². The Morgan fingerprint density at radius 3 is 2.56 bits per heavy atom. The van der Waals surface area contributed by atoms with E-state index < -0.39 is 5.54 Å². The fourth-order valence-electron chi connectivity index (χ4n) is 5.26. The van der Waals surface area contributed by atoms with Crippen molar-refractivity contribution < 1.29 is 9.59 Å². The molecule has 0 bridgehead atoms. The largest absolute Gasteiger partial charge is 0.356 e. The Balaban J connectivity index is 1.69. The van der Waals surface area contributed by atoms with Crippen LogP contribution in [0.5, 0.6) is 0 Å². The molecule has 5 nitrogen and oxygen atoms in total. The molecule has 1 aromatic heterocycles. The number of fused-ring (bicyclic) bond motifs is 5. The number of piperazine rings is 1. The van der Waals surface area contributed by atoms with Crippen molar-refractivity contribution in [2.45, 2.75) is 38.6 Å². The molecule has 1 fully saturated rings. The molecule has 1 saturated heterocycles. The third-order valence-electron chi connectivity index (χ3n) is 7.07. The van der Waals surface area contributed by atoms with E-state index in [1.807, 2.05) is 49.4 Å². The summed E-state index contributed by atoms with van der Waals surface area (Å²) in [5.74, 6) is 0.428. The predicted octanol–water partition coefficient (Wildman–Crippen LogP) is 4.90. The van der Waals surface area contributed by atoms with Crippen LogP contribution >= 0.6 is 11.6 Å². The average Bonchev–Trinajstić information content (AvgIpc) is 3.17. The van der Waals surface area contributed by atoms with E-state index in [-0.39, 0.29) is 24.3 Å². The molecule has 2 aliphatic heterocycles. The van der Waals surface area contributed by atoms with Gasteiger partial charge in [-0.05, 0) is 48.6 Å². The molecule has 2 amide bonds. The summed E-state index contributed by atoms with van der Waals surface area (Å²) in [6, 6.07) is 16.0. The van der Waals surface area contributed by atoms with Crippen LogP contribution in [-0.2, 0) is 15.1 Å². The molecule has 2 atom stereocenters. The van der Waals surface area contributed by atoms with Crippen LogP contribution in [0.4, 0.5) is 0 Å². The Morgan fingerprint density at radius 1 is 1.12 bits per heavy atom. The van der Waals surface area contributed by atoms with Gasteiger partial charge in [-0.1, -0.05) is 55.8 Å². The van der Waals surface area contributed by atoms with E-state index in [0.29, 0.717) is 24.0 Å². The van der Waals surface area contributed by atoms with Gasteiger partial charge < -0.3 is 14.8 Å². The Bertz CT molecular complexity index is 1200. The van der Waals surface area contributed by atoms with Crippen molar-refractivity contribution in [3.63, 3.8) is 0 Å². The minimum Gasteiger partial charge on any atom is -0.356 e. The molecule has 3 heterocycles. The number of nitrogens with one attached hydrogen (secondary N) is 1. The number of hydrogen-bond donors (Lipinski definition) is 1. The van der Waals surface area contributed by atoms with Crippen molar-refractivity contribution in [3.8, 4) is 0 Å². The van der Waals surface area contributed by atoms with E-state index in [0.717, 1.165) is 34.1 Å². The van der Waals surface area contributed by atoms with E-state index in [2.05, 4.69) is 24.9 Å². The van der Waals surface area contributed by atoms with Gasteiger partial charge in [0.05, 0.1) is 12.2 Å². The van der Waals surface area contributed by atoms with Crippen molar-refractivity contribution in [2.75, 3.05) is 19.6 Å². The summed E-state index contributed by atoms with van der Waals surface area (Å²) >= 11 is 6.15. The van der Waals surface area contributed by atoms with Gasteiger partial charge >= 0.3 is 0 Å². The van der Waals surface area contributed by atoms with Crippen molar-refractivity contribution in [1.82, 2.24) is 14.8 Å². The molecule has 32 heavy (non-hydrogen) atoms. The molecule has 6 heteroatoms. The number of carbonyl (C=O) groups excluding carboxylic acids is 2. The number of H-pyrrole nitrogens is 1. The van der Waals surface area contributed by atoms with E-state index in [9.17, 15) is 9.59 Å². The van der Waals surface area contributed by atoms with Crippen LogP contribution in [0, 0.1) is 5.92 Å². The lowest BCUT2D eigenvalue weighted by molar-refractivity contribution is -0.166. The fourth-order valence-corrected chi connectivity index (χ4v) is 5.39. The summed E-state index contributed by atoms with van der Waals surface area (Å²) in [7, 11) is 0. The molecule has 166 valence electrons. The maximum atomic E-state index is 13.9. The summed E-state index contributed by atoms with van der Waals surface area (Å²) in [5, 5.41) is 1.78. The SMILES string of the molecule is CC(C)CCN1CC(=O)N2CC(c3ccc(Cl)cc3)c3c([nH]c4ccccc34)C2(C)C1=O. The molecule has 2 aromatic carbocycles. The lowest BCUT2D eigenvalue weighted by Gasteiger charge is -2.51.